The first-order chi connectivity index (χ1) is 13.0. The van der Waals surface area contributed by atoms with Crippen LogP contribution >= 0.6 is 0 Å². The Kier molecular flexibility index (Phi) is 5.23. The minimum atomic E-state index is -0.325. The number of pyridine rings is 1. The molecule has 0 radical (unpaired) electrons. The average molecular weight is 375 g/mol. The zero-order valence-electron chi connectivity index (χ0n) is 16.3. The topological polar surface area (TPSA) is 76.8 Å². The summed E-state index contributed by atoms with van der Waals surface area (Å²) in [6.45, 7) is 8.55. The molecule has 2 bridgehead atoms. The van der Waals surface area contributed by atoms with Crippen LogP contribution in [0.5, 0.6) is 0 Å². The van der Waals surface area contributed by atoms with Gasteiger partial charge >= 0.3 is 6.03 Å². The Morgan fingerprint density at radius 3 is 2.78 bits per heavy atom. The molecule has 3 aliphatic heterocycles. The lowest BCUT2D eigenvalue weighted by Gasteiger charge is -2.44. The van der Waals surface area contributed by atoms with Crippen LogP contribution in [0.4, 0.5) is 10.5 Å². The number of amides is 2. The minimum Gasteiger partial charge on any atom is -0.381 e. The Morgan fingerprint density at radius 1 is 1.26 bits per heavy atom. The van der Waals surface area contributed by atoms with Crippen molar-refractivity contribution in [2.75, 3.05) is 31.6 Å². The number of nitrogens with zero attached hydrogens (tertiary/aromatic N) is 1. The second-order valence-corrected chi connectivity index (χ2v) is 8.59. The first-order valence-corrected chi connectivity index (χ1v) is 10.2. The van der Waals surface area contributed by atoms with E-state index >= 15 is 0 Å². The highest BCUT2D eigenvalue weighted by Gasteiger charge is 2.40. The largest absolute Gasteiger partial charge is 0.381 e. The Bertz CT molecular complexity index is 754. The number of nitrogens with one attached hydrogen (secondary N) is 3. The van der Waals surface area contributed by atoms with Crippen molar-refractivity contribution in [2.45, 2.75) is 57.7 Å². The van der Waals surface area contributed by atoms with E-state index in [0.29, 0.717) is 23.6 Å². The van der Waals surface area contributed by atoms with Gasteiger partial charge in [-0.15, -0.1) is 0 Å². The van der Waals surface area contributed by atoms with Gasteiger partial charge in [0.1, 0.15) is 5.69 Å². The first kappa shape index (κ1) is 18.5. The fraction of sp³-hybridized carbons (Fsp3) is 0.700. The van der Waals surface area contributed by atoms with Crippen LogP contribution in [0.15, 0.2) is 16.9 Å². The summed E-state index contributed by atoms with van der Waals surface area (Å²) in [5.74, 6) is 0.966. The van der Waals surface area contributed by atoms with E-state index in [-0.39, 0.29) is 17.6 Å². The molecule has 0 aliphatic carbocycles. The summed E-state index contributed by atoms with van der Waals surface area (Å²) < 4.78 is 7.43. The highest BCUT2D eigenvalue weighted by atomic mass is 16.5. The summed E-state index contributed by atoms with van der Waals surface area (Å²) in [5, 5.41) is 5.48. The maximum absolute atomic E-state index is 12.9. The number of fused-ring (bicyclic) bond motifs is 4. The van der Waals surface area contributed by atoms with E-state index in [9.17, 15) is 9.59 Å². The number of urea groups is 1. The van der Waals surface area contributed by atoms with Crippen LogP contribution in [0.2, 0.25) is 0 Å². The third-order valence-corrected chi connectivity index (χ3v) is 6.21. The molecule has 4 heterocycles. The van der Waals surface area contributed by atoms with Crippen LogP contribution in [0.25, 0.3) is 0 Å². The molecule has 1 unspecified atom stereocenters. The number of aromatic nitrogens is 1. The quantitative estimate of drug-likeness (QED) is 0.723. The Balaban J connectivity index is 1.52. The molecule has 4 rings (SSSR count). The summed E-state index contributed by atoms with van der Waals surface area (Å²) in [7, 11) is 0. The Labute approximate surface area is 160 Å². The van der Waals surface area contributed by atoms with E-state index in [1.807, 2.05) is 24.5 Å². The van der Waals surface area contributed by atoms with Crippen LogP contribution in [-0.4, -0.2) is 49.0 Å². The minimum absolute atomic E-state index is 0.0314. The van der Waals surface area contributed by atoms with Crippen molar-refractivity contribution in [3.05, 3.63) is 28.2 Å². The van der Waals surface area contributed by atoms with Crippen molar-refractivity contribution in [2.24, 2.45) is 5.92 Å². The molecule has 148 valence electrons. The van der Waals surface area contributed by atoms with E-state index in [1.165, 1.54) is 6.42 Å². The smallest absolute Gasteiger partial charge is 0.319 e. The van der Waals surface area contributed by atoms with Gasteiger partial charge in [-0.3, -0.25) is 4.79 Å². The normalized spacial score (nSPS) is 27.9. The molecule has 0 aromatic carbocycles. The van der Waals surface area contributed by atoms with Crippen LogP contribution in [0.1, 0.15) is 44.7 Å². The third-order valence-electron chi connectivity index (χ3n) is 6.21. The Hall–Kier alpha value is -1.86. The predicted molar refractivity (Wildman–Crippen MR) is 103 cm³/mol. The SMILES string of the molecule is CC(C)NC(=O)Nc1ccc2n(c1=O)C[C@H]1C[C@@H]2C[NH+](C2CCOCC2)C1. The maximum atomic E-state index is 12.9. The molecular weight excluding hydrogens is 344 g/mol. The number of quaternary nitrogens is 1. The number of hydrogen-bond acceptors (Lipinski definition) is 3. The molecule has 0 spiro atoms. The van der Waals surface area contributed by atoms with Crippen molar-refractivity contribution in [3.63, 3.8) is 0 Å². The monoisotopic (exact) mass is 375 g/mol. The van der Waals surface area contributed by atoms with Gasteiger partial charge in [0.05, 0.1) is 32.3 Å². The number of ether oxygens (including phenoxy) is 1. The van der Waals surface area contributed by atoms with Gasteiger partial charge in [-0.1, -0.05) is 0 Å². The number of rotatable bonds is 3. The number of piperidine rings is 1. The van der Waals surface area contributed by atoms with Crippen LogP contribution in [0, 0.1) is 5.92 Å². The number of anilines is 1. The molecule has 2 amide bonds. The number of hydrogen-bond donors (Lipinski definition) is 3. The van der Waals surface area contributed by atoms with Gasteiger partial charge in [-0.25, -0.2) is 4.79 Å². The number of carbonyl (C=O) groups excluding carboxylic acids is 1. The van der Waals surface area contributed by atoms with Crippen LogP contribution < -0.4 is 21.1 Å². The molecule has 3 atom stereocenters. The second-order valence-electron chi connectivity index (χ2n) is 8.59. The summed E-state index contributed by atoms with van der Waals surface area (Å²) in [5.41, 5.74) is 1.43. The van der Waals surface area contributed by atoms with Gasteiger partial charge in [0, 0.05) is 43.0 Å². The summed E-state index contributed by atoms with van der Waals surface area (Å²) in [4.78, 5) is 26.6. The zero-order chi connectivity index (χ0) is 19.0. The molecular formula is C20H31N4O3+. The summed E-state index contributed by atoms with van der Waals surface area (Å²) in [6.07, 6.45) is 3.47. The molecule has 0 saturated carbocycles. The van der Waals surface area contributed by atoms with E-state index in [4.69, 9.17) is 4.74 Å². The van der Waals surface area contributed by atoms with Crippen LogP contribution in [0.3, 0.4) is 0 Å². The fourth-order valence-electron chi connectivity index (χ4n) is 5.05. The van der Waals surface area contributed by atoms with Crippen molar-refractivity contribution >= 4 is 11.7 Å². The standard InChI is InChI=1S/C20H30N4O3/c1-13(2)21-20(26)22-17-3-4-18-15-9-14(11-24(18)19(17)25)10-23(12-15)16-5-7-27-8-6-16/h3-4,13-16H,5-12H2,1-2H3,(H2,21,22,26)/p+1/t14-,15+/m0/s1. The maximum Gasteiger partial charge on any atom is 0.319 e. The lowest BCUT2D eigenvalue weighted by atomic mass is 9.82. The van der Waals surface area contributed by atoms with E-state index in [2.05, 4.69) is 10.6 Å². The third kappa shape index (κ3) is 3.89. The first-order valence-electron chi connectivity index (χ1n) is 10.2. The highest BCUT2D eigenvalue weighted by molar-refractivity contribution is 5.89. The molecule has 3 aliphatic rings. The van der Waals surface area contributed by atoms with Gasteiger partial charge in [-0.2, -0.15) is 0 Å². The predicted octanol–water partition coefficient (Wildman–Crippen LogP) is 0.559. The molecule has 3 N–H and O–H groups in total. The van der Waals surface area contributed by atoms with Gasteiger partial charge in [0.15, 0.2) is 0 Å². The van der Waals surface area contributed by atoms with Gasteiger partial charge < -0.3 is 24.8 Å². The Morgan fingerprint density at radius 2 is 2.04 bits per heavy atom. The van der Waals surface area contributed by atoms with Crippen molar-refractivity contribution < 1.29 is 14.4 Å². The lowest BCUT2D eigenvalue weighted by Crippen LogP contribution is -3.18. The van der Waals surface area contributed by atoms with Gasteiger partial charge in [0.25, 0.3) is 5.56 Å². The zero-order valence-corrected chi connectivity index (χ0v) is 16.3. The average Bonchev–Trinajstić information content (AvgIpc) is 2.64. The van der Waals surface area contributed by atoms with Crippen LogP contribution in [-0.2, 0) is 11.3 Å². The molecule has 7 heteroatoms. The van der Waals surface area contributed by atoms with Crippen molar-refractivity contribution in [1.29, 1.82) is 0 Å². The highest BCUT2D eigenvalue weighted by Crippen LogP contribution is 2.31. The molecule has 1 aromatic rings. The van der Waals surface area contributed by atoms with E-state index in [0.717, 1.165) is 51.4 Å². The second kappa shape index (κ2) is 7.64. The molecule has 2 saturated heterocycles. The van der Waals surface area contributed by atoms with Crippen molar-refractivity contribution in [1.82, 2.24) is 9.88 Å². The molecule has 27 heavy (non-hydrogen) atoms. The van der Waals surface area contributed by atoms with Crippen molar-refractivity contribution in [3.8, 4) is 0 Å². The summed E-state index contributed by atoms with van der Waals surface area (Å²) in [6, 6.07) is 4.22. The van der Waals surface area contributed by atoms with E-state index in [1.54, 1.807) is 11.0 Å². The molecule has 2 fully saturated rings. The van der Waals surface area contributed by atoms with Gasteiger partial charge in [0.2, 0.25) is 0 Å². The van der Waals surface area contributed by atoms with Gasteiger partial charge in [-0.05, 0) is 32.4 Å². The molecule has 7 nitrogen and oxygen atoms in total. The van der Waals surface area contributed by atoms with E-state index < -0.39 is 0 Å². The number of carbonyl (C=O) groups is 1. The lowest BCUT2D eigenvalue weighted by molar-refractivity contribution is -0.937. The number of likely N-dealkylation sites (tertiary alicyclic amines) is 1. The fourth-order valence-corrected chi connectivity index (χ4v) is 5.05. The molecule has 1 aromatic heterocycles. The summed E-state index contributed by atoms with van der Waals surface area (Å²) >= 11 is 0.